The summed E-state index contributed by atoms with van der Waals surface area (Å²) in [4.78, 5) is 11.2. The van der Waals surface area contributed by atoms with Gasteiger partial charge >= 0.3 is 0 Å². The number of nitrogens with one attached hydrogen (secondary N) is 1. The number of rotatable bonds is 8. The Kier molecular flexibility index (Phi) is 10.6. The Balaban J connectivity index is 0.00000156. The number of anilines is 1. The molecule has 2 heterocycles. The van der Waals surface area contributed by atoms with E-state index in [4.69, 9.17) is 10.5 Å². The topological polar surface area (TPSA) is 76.3 Å². The summed E-state index contributed by atoms with van der Waals surface area (Å²) in [6.07, 6.45) is 7.46. The van der Waals surface area contributed by atoms with Crippen LogP contribution in [0.4, 0.5) is 5.82 Å². The Morgan fingerprint density at radius 1 is 1.12 bits per heavy atom. The van der Waals surface area contributed by atoms with E-state index in [1.165, 1.54) is 25.8 Å². The van der Waals surface area contributed by atoms with E-state index in [0.717, 1.165) is 57.2 Å². The van der Waals surface area contributed by atoms with Gasteiger partial charge in [-0.1, -0.05) is 6.42 Å². The van der Waals surface area contributed by atoms with Crippen LogP contribution in [0.5, 0.6) is 0 Å². The van der Waals surface area contributed by atoms with Gasteiger partial charge in [0.1, 0.15) is 12.1 Å². The fourth-order valence-corrected chi connectivity index (χ4v) is 3.27. The molecule has 1 aromatic heterocycles. The second-order valence-corrected chi connectivity index (χ2v) is 6.70. The number of nitrogens with zero attached hydrogens (tertiary/aromatic N) is 3. The molecule has 0 radical (unpaired) electrons. The molecule has 0 amide bonds. The normalized spacial score (nSPS) is 23.1. The molecule has 3 rings (SSSR count). The molecule has 6 nitrogen and oxygen atoms in total. The van der Waals surface area contributed by atoms with Gasteiger partial charge in [0.2, 0.25) is 0 Å². The highest BCUT2D eigenvalue weighted by Crippen LogP contribution is 2.34. The predicted octanol–water partition coefficient (Wildman–Crippen LogP) is 2.44. The average molecular weight is 392 g/mol. The second-order valence-electron chi connectivity index (χ2n) is 6.70. The fourth-order valence-electron chi connectivity index (χ4n) is 3.27. The van der Waals surface area contributed by atoms with Gasteiger partial charge in [-0.25, -0.2) is 9.97 Å². The van der Waals surface area contributed by atoms with Gasteiger partial charge in [-0.2, -0.15) is 0 Å². The molecule has 1 aliphatic carbocycles. The highest BCUT2D eigenvalue weighted by molar-refractivity contribution is 5.85. The van der Waals surface area contributed by atoms with E-state index < -0.39 is 0 Å². The van der Waals surface area contributed by atoms with Crippen molar-refractivity contribution < 1.29 is 4.74 Å². The molecule has 8 heteroatoms. The van der Waals surface area contributed by atoms with Crippen LogP contribution in [0.2, 0.25) is 0 Å². The summed E-state index contributed by atoms with van der Waals surface area (Å²) >= 11 is 0. The zero-order valence-electron chi connectivity index (χ0n) is 14.7. The van der Waals surface area contributed by atoms with Crippen LogP contribution in [0.1, 0.15) is 43.7 Å². The SMILES string of the molecule is Cl.Cl.NC1CC(c2cc(NCCCCCN3CCOCC3)ncn2)C1. The van der Waals surface area contributed by atoms with Crippen molar-refractivity contribution >= 4 is 30.6 Å². The first-order chi connectivity index (χ1) is 11.3. The number of hydrogen-bond donors (Lipinski definition) is 2. The molecule has 1 saturated heterocycles. The van der Waals surface area contributed by atoms with Gasteiger partial charge in [0.15, 0.2) is 0 Å². The maximum atomic E-state index is 5.86. The number of aromatic nitrogens is 2. The van der Waals surface area contributed by atoms with E-state index in [1.54, 1.807) is 6.33 Å². The van der Waals surface area contributed by atoms with Gasteiger partial charge in [-0.05, 0) is 32.2 Å². The van der Waals surface area contributed by atoms with Gasteiger partial charge in [-0.15, -0.1) is 24.8 Å². The summed E-state index contributed by atoms with van der Waals surface area (Å²) in [5.74, 6) is 1.48. The summed E-state index contributed by atoms with van der Waals surface area (Å²) in [7, 11) is 0. The second kappa shape index (κ2) is 11.9. The zero-order chi connectivity index (χ0) is 15.9. The third-order valence-corrected chi connectivity index (χ3v) is 4.84. The summed E-state index contributed by atoms with van der Waals surface area (Å²) in [6, 6.07) is 2.45. The van der Waals surface area contributed by atoms with E-state index >= 15 is 0 Å². The predicted molar refractivity (Wildman–Crippen MR) is 106 cm³/mol. The molecule has 0 atom stereocenters. The number of unbranched alkanes of at least 4 members (excludes halogenated alkanes) is 2. The van der Waals surface area contributed by atoms with Gasteiger partial charge in [0.25, 0.3) is 0 Å². The van der Waals surface area contributed by atoms with Crippen molar-refractivity contribution in [2.75, 3.05) is 44.7 Å². The Labute approximate surface area is 163 Å². The van der Waals surface area contributed by atoms with Crippen molar-refractivity contribution in [1.29, 1.82) is 0 Å². The van der Waals surface area contributed by atoms with Crippen molar-refractivity contribution in [3.63, 3.8) is 0 Å². The maximum Gasteiger partial charge on any atom is 0.129 e. The van der Waals surface area contributed by atoms with Crippen LogP contribution >= 0.6 is 24.8 Å². The largest absolute Gasteiger partial charge is 0.379 e. The smallest absolute Gasteiger partial charge is 0.129 e. The highest BCUT2D eigenvalue weighted by atomic mass is 35.5. The fraction of sp³-hybridized carbons (Fsp3) is 0.765. The lowest BCUT2D eigenvalue weighted by atomic mass is 9.79. The molecule has 3 N–H and O–H groups in total. The lowest BCUT2D eigenvalue weighted by Crippen LogP contribution is -2.36. The van der Waals surface area contributed by atoms with Crippen LogP contribution in [0, 0.1) is 0 Å². The van der Waals surface area contributed by atoms with Crippen molar-refractivity contribution in [2.45, 2.75) is 44.1 Å². The molecule has 0 aromatic carbocycles. The van der Waals surface area contributed by atoms with Gasteiger partial charge in [0.05, 0.1) is 13.2 Å². The van der Waals surface area contributed by atoms with Crippen LogP contribution in [0.25, 0.3) is 0 Å². The van der Waals surface area contributed by atoms with E-state index in [2.05, 4.69) is 26.3 Å². The summed E-state index contributed by atoms with van der Waals surface area (Å²) in [6.45, 7) is 6.14. The number of hydrogen-bond acceptors (Lipinski definition) is 6. The van der Waals surface area contributed by atoms with Gasteiger partial charge < -0.3 is 15.8 Å². The number of halogens is 2. The Hall–Kier alpha value is -0.660. The quantitative estimate of drug-likeness (QED) is 0.662. The first-order valence-electron chi connectivity index (χ1n) is 8.93. The molecule has 2 aliphatic rings. The molecule has 0 unspecified atom stereocenters. The summed E-state index contributed by atoms with van der Waals surface area (Å²) < 4.78 is 5.37. The first kappa shape index (κ1) is 22.4. The molecule has 25 heavy (non-hydrogen) atoms. The van der Waals surface area contributed by atoms with Crippen LogP contribution < -0.4 is 11.1 Å². The van der Waals surface area contributed by atoms with Gasteiger partial charge in [0, 0.05) is 43.4 Å². The van der Waals surface area contributed by atoms with Crippen LogP contribution in [-0.4, -0.2) is 60.3 Å². The van der Waals surface area contributed by atoms with E-state index in [-0.39, 0.29) is 24.8 Å². The summed E-state index contributed by atoms with van der Waals surface area (Å²) in [5, 5.41) is 3.42. The third-order valence-electron chi connectivity index (χ3n) is 4.84. The molecular formula is C17H31Cl2N5O. The standard InChI is InChI=1S/C17H29N5O.2ClH/c18-15-10-14(11-15)16-12-17(21-13-20-16)19-4-2-1-3-5-22-6-8-23-9-7-22;;/h12-15H,1-11,18H2,(H,19,20,21);2*1H. The average Bonchev–Trinajstić information content (AvgIpc) is 2.56. The van der Waals surface area contributed by atoms with Crippen molar-refractivity contribution in [1.82, 2.24) is 14.9 Å². The molecule has 144 valence electrons. The van der Waals surface area contributed by atoms with E-state index in [9.17, 15) is 0 Å². The lowest BCUT2D eigenvalue weighted by molar-refractivity contribution is 0.0372. The Bertz CT molecular complexity index is 482. The minimum absolute atomic E-state index is 0. The molecule has 1 aromatic rings. The zero-order valence-corrected chi connectivity index (χ0v) is 16.4. The van der Waals surface area contributed by atoms with E-state index in [1.807, 2.05) is 0 Å². The van der Waals surface area contributed by atoms with Crippen molar-refractivity contribution in [2.24, 2.45) is 5.73 Å². The van der Waals surface area contributed by atoms with Crippen molar-refractivity contribution in [3.05, 3.63) is 18.1 Å². The number of morpholine rings is 1. The lowest BCUT2D eigenvalue weighted by Gasteiger charge is -2.31. The maximum absolute atomic E-state index is 5.86. The molecule has 0 spiro atoms. The van der Waals surface area contributed by atoms with Gasteiger partial charge in [-0.3, -0.25) is 4.90 Å². The Morgan fingerprint density at radius 2 is 1.88 bits per heavy atom. The molecule has 1 aliphatic heterocycles. The minimum atomic E-state index is 0. The third kappa shape index (κ3) is 7.23. The Morgan fingerprint density at radius 3 is 2.60 bits per heavy atom. The first-order valence-corrected chi connectivity index (χ1v) is 8.93. The highest BCUT2D eigenvalue weighted by Gasteiger charge is 2.28. The molecule has 2 fully saturated rings. The van der Waals surface area contributed by atoms with Crippen molar-refractivity contribution in [3.8, 4) is 0 Å². The number of nitrogens with two attached hydrogens (primary N) is 1. The van der Waals surface area contributed by atoms with Crippen LogP contribution in [0.15, 0.2) is 12.4 Å². The van der Waals surface area contributed by atoms with Crippen LogP contribution in [-0.2, 0) is 4.74 Å². The molecule has 0 bridgehead atoms. The minimum Gasteiger partial charge on any atom is -0.379 e. The monoisotopic (exact) mass is 391 g/mol. The van der Waals surface area contributed by atoms with E-state index in [0.29, 0.717) is 12.0 Å². The van der Waals surface area contributed by atoms with Crippen LogP contribution in [0.3, 0.4) is 0 Å². The molecule has 1 saturated carbocycles. The number of ether oxygens (including phenoxy) is 1. The summed E-state index contributed by atoms with van der Waals surface area (Å²) in [5.41, 5.74) is 6.99. The molecular weight excluding hydrogens is 361 g/mol.